The lowest BCUT2D eigenvalue weighted by Gasteiger charge is -2.31. The van der Waals surface area contributed by atoms with Gasteiger partial charge in [0.15, 0.2) is 0 Å². The van der Waals surface area contributed by atoms with Crippen molar-refractivity contribution in [3.05, 3.63) is 54.1 Å². The van der Waals surface area contributed by atoms with E-state index in [0.29, 0.717) is 31.5 Å². The molecule has 2 heterocycles. The lowest BCUT2D eigenvalue weighted by atomic mass is 9.98. The minimum absolute atomic E-state index is 0.0546. The Labute approximate surface area is 174 Å². The standard InChI is InChI=1S/C20H23FN4O4S/c1-14-4-5-16(11-18(14)21)24-20(27)19(26)23-12-15-6-9-25(10-7-15)30(28,29)17-3-2-8-22-13-17/h2-5,8,11,13,15H,6-7,9-10,12H2,1H3,(H,23,26)(H,24,27). The molecule has 2 amide bonds. The van der Waals surface area contributed by atoms with Crippen molar-refractivity contribution in [3.8, 4) is 0 Å². The molecule has 1 aromatic heterocycles. The molecule has 8 nitrogen and oxygen atoms in total. The predicted octanol–water partition coefficient (Wildman–Crippen LogP) is 1.68. The number of halogens is 1. The molecule has 10 heteroatoms. The summed E-state index contributed by atoms with van der Waals surface area (Å²) in [7, 11) is -3.58. The quantitative estimate of drug-likeness (QED) is 0.696. The number of aryl methyl sites for hydroxylation is 1. The SMILES string of the molecule is Cc1ccc(NC(=O)C(=O)NCC2CCN(S(=O)(=O)c3cccnc3)CC2)cc1F. The Balaban J connectivity index is 1.46. The Morgan fingerprint density at radius 2 is 1.93 bits per heavy atom. The Morgan fingerprint density at radius 1 is 1.20 bits per heavy atom. The van der Waals surface area contributed by atoms with Crippen molar-refractivity contribution in [2.75, 3.05) is 25.0 Å². The van der Waals surface area contributed by atoms with Crippen molar-refractivity contribution in [2.24, 2.45) is 5.92 Å². The summed E-state index contributed by atoms with van der Waals surface area (Å²) < 4.78 is 40.2. The van der Waals surface area contributed by atoms with Gasteiger partial charge < -0.3 is 10.6 Å². The van der Waals surface area contributed by atoms with Gasteiger partial charge in [0.1, 0.15) is 10.7 Å². The molecule has 2 aromatic rings. The molecule has 1 aliphatic heterocycles. The summed E-state index contributed by atoms with van der Waals surface area (Å²) in [4.78, 5) is 28.0. The third kappa shape index (κ3) is 5.19. The van der Waals surface area contributed by atoms with Crippen LogP contribution in [0.2, 0.25) is 0 Å². The molecule has 0 radical (unpaired) electrons. The molecule has 3 rings (SSSR count). The van der Waals surface area contributed by atoms with Gasteiger partial charge in [-0.05, 0) is 55.5 Å². The minimum atomic E-state index is -3.58. The van der Waals surface area contributed by atoms with E-state index in [1.54, 1.807) is 13.0 Å². The van der Waals surface area contributed by atoms with Crippen molar-refractivity contribution >= 4 is 27.5 Å². The van der Waals surface area contributed by atoms with E-state index in [0.717, 1.165) is 6.07 Å². The number of nitrogens with one attached hydrogen (secondary N) is 2. The maximum atomic E-state index is 13.5. The van der Waals surface area contributed by atoms with Crippen molar-refractivity contribution in [3.63, 3.8) is 0 Å². The zero-order chi connectivity index (χ0) is 21.7. The predicted molar refractivity (Wildman–Crippen MR) is 108 cm³/mol. The van der Waals surface area contributed by atoms with Gasteiger partial charge >= 0.3 is 11.8 Å². The molecule has 1 saturated heterocycles. The topological polar surface area (TPSA) is 108 Å². The number of carbonyl (C=O) groups excluding carboxylic acids is 2. The first-order chi connectivity index (χ1) is 14.3. The summed E-state index contributed by atoms with van der Waals surface area (Å²) in [6, 6.07) is 7.26. The first-order valence-electron chi connectivity index (χ1n) is 9.53. The Kier molecular flexibility index (Phi) is 6.78. The Morgan fingerprint density at radius 3 is 2.57 bits per heavy atom. The van der Waals surface area contributed by atoms with Crippen LogP contribution in [0.5, 0.6) is 0 Å². The number of carbonyl (C=O) groups is 2. The number of pyridine rings is 1. The molecular weight excluding hydrogens is 411 g/mol. The molecule has 2 N–H and O–H groups in total. The third-order valence-electron chi connectivity index (χ3n) is 5.03. The van der Waals surface area contributed by atoms with Crippen molar-refractivity contribution < 1.29 is 22.4 Å². The van der Waals surface area contributed by atoms with Crippen molar-refractivity contribution in [1.29, 1.82) is 0 Å². The number of sulfonamides is 1. The third-order valence-corrected chi connectivity index (χ3v) is 6.92. The van der Waals surface area contributed by atoms with E-state index < -0.39 is 27.7 Å². The fourth-order valence-electron chi connectivity index (χ4n) is 3.18. The maximum absolute atomic E-state index is 13.5. The Hall–Kier alpha value is -2.85. The normalized spacial score (nSPS) is 15.5. The number of rotatable bonds is 5. The van der Waals surface area contributed by atoms with E-state index in [-0.39, 0.29) is 23.0 Å². The van der Waals surface area contributed by atoms with Crippen LogP contribution < -0.4 is 10.6 Å². The van der Waals surface area contributed by atoms with Crippen LogP contribution in [0.1, 0.15) is 18.4 Å². The van der Waals surface area contributed by atoms with Crippen molar-refractivity contribution in [1.82, 2.24) is 14.6 Å². The fraction of sp³-hybridized carbons (Fsp3) is 0.350. The number of anilines is 1. The number of piperidine rings is 1. The summed E-state index contributed by atoms with van der Waals surface area (Å²) in [5, 5.41) is 4.92. The van der Waals surface area contributed by atoms with E-state index in [1.807, 2.05) is 0 Å². The highest BCUT2D eigenvalue weighted by Crippen LogP contribution is 2.23. The highest BCUT2D eigenvalue weighted by molar-refractivity contribution is 7.89. The van der Waals surface area contributed by atoms with Gasteiger partial charge in [-0.2, -0.15) is 4.31 Å². The molecule has 0 aliphatic carbocycles. The zero-order valence-corrected chi connectivity index (χ0v) is 17.3. The van der Waals surface area contributed by atoms with E-state index >= 15 is 0 Å². The molecule has 0 unspecified atom stereocenters. The first-order valence-corrected chi connectivity index (χ1v) is 11.0. The van der Waals surface area contributed by atoms with Gasteiger partial charge in [-0.3, -0.25) is 14.6 Å². The number of hydrogen-bond acceptors (Lipinski definition) is 5. The van der Waals surface area contributed by atoms with Crippen LogP contribution in [-0.2, 0) is 19.6 Å². The second kappa shape index (κ2) is 9.31. The van der Waals surface area contributed by atoms with Gasteiger partial charge in [0.25, 0.3) is 0 Å². The monoisotopic (exact) mass is 434 g/mol. The van der Waals surface area contributed by atoms with Gasteiger partial charge in [0.2, 0.25) is 10.0 Å². The average molecular weight is 434 g/mol. The maximum Gasteiger partial charge on any atom is 0.313 e. The van der Waals surface area contributed by atoms with E-state index in [4.69, 9.17) is 0 Å². The second-order valence-electron chi connectivity index (χ2n) is 7.16. The van der Waals surface area contributed by atoms with E-state index in [9.17, 15) is 22.4 Å². The summed E-state index contributed by atoms with van der Waals surface area (Å²) in [6.07, 6.45) is 3.95. The summed E-state index contributed by atoms with van der Waals surface area (Å²) in [5.74, 6) is -2.11. The number of hydrogen-bond donors (Lipinski definition) is 2. The summed E-state index contributed by atoms with van der Waals surface area (Å²) in [5.41, 5.74) is 0.640. The molecule has 0 spiro atoms. The number of aromatic nitrogens is 1. The van der Waals surface area contributed by atoms with Crippen molar-refractivity contribution in [2.45, 2.75) is 24.7 Å². The second-order valence-corrected chi connectivity index (χ2v) is 9.10. The van der Waals surface area contributed by atoms with Crippen LogP contribution in [0, 0.1) is 18.7 Å². The van der Waals surface area contributed by atoms with Gasteiger partial charge in [-0.1, -0.05) is 6.07 Å². The molecule has 0 bridgehead atoms. The molecule has 30 heavy (non-hydrogen) atoms. The highest BCUT2D eigenvalue weighted by Gasteiger charge is 2.29. The molecule has 1 aromatic carbocycles. The largest absolute Gasteiger partial charge is 0.348 e. The summed E-state index contributed by atoms with van der Waals surface area (Å²) >= 11 is 0. The number of benzene rings is 1. The van der Waals surface area contributed by atoms with Crippen LogP contribution in [0.25, 0.3) is 0 Å². The van der Waals surface area contributed by atoms with Crippen LogP contribution >= 0.6 is 0 Å². The van der Waals surface area contributed by atoms with E-state index in [2.05, 4.69) is 15.6 Å². The minimum Gasteiger partial charge on any atom is -0.348 e. The zero-order valence-electron chi connectivity index (χ0n) is 16.5. The van der Waals surface area contributed by atoms with Crippen LogP contribution in [-0.4, -0.2) is 49.2 Å². The number of amides is 2. The molecule has 1 aliphatic rings. The summed E-state index contributed by atoms with van der Waals surface area (Å²) in [6.45, 7) is 2.51. The highest BCUT2D eigenvalue weighted by atomic mass is 32.2. The molecule has 0 saturated carbocycles. The lowest BCUT2D eigenvalue weighted by molar-refractivity contribution is -0.136. The molecule has 160 valence electrons. The van der Waals surface area contributed by atoms with Crippen LogP contribution in [0.4, 0.5) is 10.1 Å². The van der Waals surface area contributed by atoms with Gasteiger partial charge in [0.05, 0.1) is 0 Å². The smallest absolute Gasteiger partial charge is 0.313 e. The molecule has 1 fully saturated rings. The first kappa shape index (κ1) is 21.8. The average Bonchev–Trinajstić information content (AvgIpc) is 2.75. The van der Waals surface area contributed by atoms with Gasteiger partial charge in [-0.15, -0.1) is 0 Å². The van der Waals surface area contributed by atoms with Gasteiger partial charge in [0, 0.05) is 37.7 Å². The van der Waals surface area contributed by atoms with Crippen LogP contribution in [0.3, 0.4) is 0 Å². The molecular formula is C20H23FN4O4S. The van der Waals surface area contributed by atoms with E-state index in [1.165, 1.54) is 34.9 Å². The fourth-order valence-corrected chi connectivity index (χ4v) is 4.61. The Bertz CT molecular complexity index is 1020. The molecule has 0 atom stereocenters. The van der Waals surface area contributed by atoms with Crippen LogP contribution in [0.15, 0.2) is 47.6 Å². The number of nitrogens with zero attached hydrogens (tertiary/aromatic N) is 2. The van der Waals surface area contributed by atoms with Gasteiger partial charge in [-0.25, -0.2) is 12.8 Å². The lowest BCUT2D eigenvalue weighted by Crippen LogP contribution is -2.43.